The zero-order valence-electron chi connectivity index (χ0n) is 11.1. The molecule has 0 radical (unpaired) electrons. The molecule has 0 atom stereocenters. The zero-order valence-corrected chi connectivity index (χ0v) is 11.1. The summed E-state index contributed by atoms with van der Waals surface area (Å²) < 4.78 is 5.36. The lowest BCUT2D eigenvalue weighted by molar-refractivity contribution is 0.0696. The number of hydrogen-bond acceptors (Lipinski definition) is 3. The first kappa shape index (κ1) is 13.1. The van der Waals surface area contributed by atoms with E-state index in [1.54, 1.807) is 19.2 Å². The molecule has 2 rings (SSSR count). The van der Waals surface area contributed by atoms with Crippen molar-refractivity contribution >= 4 is 5.97 Å². The van der Waals surface area contributed by atoms with Crippen molar-refractivity contribution in [3.63, 3.8) is 0 Å². The third kappa shape index (κ3) is 2.57. The molecule has 0 unspecified atom stereocenters. The highest BCUT2D eigenvalue weighted by molar-refractivity contribution is 5.87. The quantitative estimate of drug-likeness (QED) is 0.918. The van der Waals surface area contributed by atoms with Crippen molar-refractivity contribution in [3.05, 3.63) is 47.2 Å². The summed E-state index contributed by atoms with van der Waals surface area (Å²) in [5.74, 6) is -0.246. The van der Waals surface area contributed by atoms with Gasteiger partial charge in [0, 0.05) is 11.8 Å². The molecular formula is C15H15NO3. The molecule has 4 nitrogen and oxygen atoms in total. The van der Waals surface area contributed by atoms with Gasteiger partial charge in [0.25, 0.3) is 0 Å². The predicted octanol–water partition coefficient (Wildman–Crippen LogP) is 3.07. The summed E-state index contributed by atoms with van der Waals surface area (Å²) in [6, 6.07) is 7.18. The molecule has 0 amide bonds. The molecule has 0 spiro atoms. The van der Waals surface area contributed by atoms with Crippen LogP contribution in [0.4, 0.5) is 0 Å². The number of pyridine rings is 1. The second-order valence-corrected chi connectivity index (χ2v) is 4.37. The maximum Gasteiger partial charge on any atom is 0.337 e. The van der Waals surface area contributed by atoms with Crippen molar-refractivity contribution < 1.29 is 14.6 Å². The lowest BCUT2D eigenvalue weighted by Gasteiger charge is -2.11. The van der Waals surface area contributed by atoms with Crippen molar-refractivity contribution in [2.24, 2.45) is 0 Å². The molecule has 1 N–H and O–H groups in total. The van der Waals surface area contributed by atoms with Gasteiger partial charge in [-0.2, -0.15) is 0 Å². The fourth-order valence-electron chi connectivity index (χ4n) is 1.84. The van der Waals surface area contributed by atoms with E-state index >= 15 is 0 Å². The minimum Gasteiger partial charge on any atom is -0.496 e. The van der Waals surface area contributed by atoms with E-state index in [9.17, 15) is 4.79 Å². The highest BCUT2D eigenvalue weighted by Gasteiger charge is 2.10. The number of aromatic nitrogens is 1. The minimum atomic E-state index is -0.980. The number of aromatic carboxylic acids is 1. The summed E-state index contributed by atoms with van der Waals surface area (Å²) in [4.78, 5) is 15.0. The van der Waals surface area contributed by atoms with Crippen molar-refractivity contribution in [2.45, 2.75) is 13.8 Å². The lowest BCUT2D eigenvalue weighted by Crippen LogP contribution is -1.98. The highest BCUT2D eigenvalue weighted by atomic mass is 16.5. The summed E-state index contributed by atoms with van der Waals surface area (Å²) >= 11 is 0. The topological polar surface area (TPSA) is 59.4 Å². The van der Waals surface area contributed by atoms with Gasteiger partial charge in [0.2, 0.25) is 0 Å². The molecular weight excluding hydrogens is 242 g/mol. The largest absolute Gasteiger partial charge is 0.496 e. The van der Waals surface area contributed by atoms with Gasteiger partial charge in [-0.3, -0.25) is 4.98 Å². The normalized spacial score (nSPS) is 10.3. The highest BCUT2D eigenvalue weighted by Crippen LogP contribution is 2.31. The molecule has 19 heavy (non-hydrogen) atoms. The molecule has 2 aromatic rings. The fraction of sp³-hybridized carbons (Fsp3) is 0.200. The second kappa shape index (κ2) is 5.10. The summed E-state index contributed by atoms with van der Waals surface area (Å²) in [6.45, 7) is 4.03. The van der Waals surface area contributed by atoms with Crippen LogP contribution in [0.3, 0.4) is 0 Å². The summed E-state index contributed by atoms with van der Waals surface area (Å²) in [7, 11) is 1.61. The number of carboxylic acids is 1. The van der Waals surface area contributed by atoms with E-state index in [0.29, 0.717) is 5.69 Å². The van der Waals surface area contributed by atoms with Crippen molar-refractivity contribution in [3.8, 4) is 17.0 Å². The Bertz CT molecular complexity index is 618. The Kier molecular flexibility index (Phi) is 3.51. The van der Waals surface area contributed by atoms with Crippen LogP contribution in [0.15, 0.2) is 30.5 Å². The molecule has 4 heteroatoms. The van der Waals surface area contributed by atoms with Gasteiger partial charge in [0.15, 0.2) is 0 Å². The Labute approximate surface area is 111 Å². The Morgan fingerprint density at radius 1 is 1.21 bits per heavy atom. The number of ether oxygens (including phenoxy) is 1. The Morgan fingerprint density at radius 3 is 2.42 bits per heavy atom. The first-order valence-electron chi connectivity index (χ1n) is 5.88. The maximum absolute atomic E-state index is 10.8. The van der Waals surface area contributed by atoms with E-state index in [1.807, 2.05) is 26.0 Å². The number of hydrogen-bond donors (Lipinski definition) is 1. The zero-order chi connectivity index (χ0) is 14.0. The molecule has 0 saturated carbocycles. The number of nitrogens with zero attached hydrogens (tertiary/aromatic N) is 1. The summed E-state index contributed by atoms with van der Waals surface area (Å²) in [6.07, 6.45) is 1.35. The van der Waals surface area contributed by atoms with E-state index in [4.69, 9.17) is 9.84 Å². The monoisotopic (exact) mass is 257 g/mol. The number of benzene rings is 1. The molecule has 0 aliphatic heterocycles. The predicted molar refractivity (Wildman–Crippen MR) is 72.7 cm³/mol. The molecule has 0 aliphatic carbocycles. The van der Waals surface area contributed by atoms with Gasteiger partial charge in [-0.05, 0) is 49.2 Å². The molecule has 1 aromatic heterocycles. The van der Waals surface area contributed by atoms with Crippen LogP contribution < -0.4 is 4.74 Å². The third-order valence-electron chi connectivity index (χ3n) is 3.10. The number of aryl methyl sites for hydroxylation is 2. The Morgan fingerprint density at radius 2 is 1.89 bits per heavy atom. The maximum atomic E-state index is 10.8. The number of carbonyl (C=O) groups is 1. The number of rotatable bonds is 3. The molecule has 0 saturated heterocycles. The van der Waals surface area contributed by atoms with Crippen molar-refractivity contribution in [1.29, 1.82) is 0 Å². The van der Waals surface area contributed by atoms with Crippen LogP contribution in [0.5, 0.6) is 5.75 Å². The van der Waals surface area contributed by atoms with Crippen molar-refractivity contribution in [1.82, 2.24) is 4.98 Å². The molecule has 98 valence electrons. The van der Waals surface area contributed by atoms with Crippen LogP contribution in [-0.2, 0) is 0 Å². The average molecular weight is 257 g/mol. The Hall–Kier alpha value is -2.36. The molecule has 0 fully saturated rings. The van der Waals surface area contributed by atoms with Crippen LogP contribution in [0.25, 0.3) is 11.3 Å². The van der Waals surface area contributed by atoms with E-state index in [-0.39, 0.29) is 5.56 Å². The van der Waals surface area contributed by atoms with Gasteiger partial charge >= 0.3 is 5.97 Å². The first-order valence-corrected chi connectivity index (χ1v) is 5.88. The summed E-state index contributed by atoms with van der Waals surface area (Å²) in [5, 5.41) is 8.86. The first-order chi connectivity index (χ1) is 9.02. The van der Waals surface area contributed by atoms with E-state index < -0.39 is 5.97 Å². The number of methoxy groups -OCH3 is 1. The van der Waals surface area contributed by atoms with Crippen LogP contribution in [-0.4, -0.2) is 23.2 Å². The lowest BCUT2D eigenvalue weighted by atomic mass is 10.0. The van der Waals surface area contributed by atoms with Crippen LogP contribution >= 0.6 is 0 Å². The van der Waals surface area contributed by atoms with Gasteiger partial charge in [-0.15, -0.1) is 0 Å². The Balaban J connectivity index is 2.51. The third-order valence-corrected chi connectivity index (χ3v) is 3.10. The summed E-state index contributed by atoms with van der Waals surface area (Å²) in [5.41, 5.74) is 4.02. The SMILES string of the molecule is COc1cc(C)c(C)cc1-c1ccc(C(=O)O)cn1. The van der Waals surface area contributed by atoms with Gasteiger partial charge in [-0.25, -0.2) is 4.79 Å². The van der Waals surface area contributed by atoms with Gasteiger partial charge in [-0.1, -0.05) is 0 Å². The second-order valence-electron chi connectivity index (χ2n) is 4.37. The molecule has 1 aromatic carbocycles. The smallest absolute Gasteiger partial charge is 0.337 e. The van der Waals surface area contributed by atoms with Crippen LogP contribution in [0.2, 0.25) is 0 Å². The van der Waals surface area contributed by atoms with Gasteiger partial charge < -0.3 is 9.84 Å². The van der Waals surface area contributed by atoms with Crippen molar-refractivity contribution in [2.75, 3.05) is 7.11 Å². The van der Waals surface area contributed by atoms with E-state index in [1.165, 1.54) is 6.20 Å². The minimum absolute atomic E-state index is 0.173. The molecule has 0 bridgehead atoms. The molecule has 0 aliphatic rings. The molecule has 1 heterocycles. The fourth-order valence-corrected chi connectivity index (χ4v) is 1.84. The van der Waals surface area contributed by atoms with Crippen LogP contribution in [0.1, 0.15) is 21.5 Å². The number of carboxylic acid groups (broad SMARTS) is 1. The van der Waals surface area contributed by atoms with E-state index in [0.717, 1.165) is 22.4 Å². The van der Waals surface area contributed by atoms with E-state index in [2.05, 4.69) is 4.98 Å². The van der Waals surface area contributed by atoms with Gasteiger partial charge in [0.05, 0.1) is 18.4 Å². The van der Waals surface area contributed by atoms with Gasteiger partial charge in [0.1, 0.15) is 5.75 Å². The average Bonchev–Trinajstić information content (AvgIpc) is 2.41. The van der Waals surface area contributed by atoms with Crippen LogP contribution in [0, 0.1) is 13.8 Å². The standard InChI is InChI=1S/C15H15NO3/c1-9-6-12(14(19-3)7-10(9)2)13-5-4-11(8-16-13)15(17)18/h4-8H,1-3H3,(H,17,18).